The Labute approximate surface area is 127 Å². The van der Waals surface area contributed by atoms with Crippen molar-refractivity contribution in [1.29, 1.82) is 5.26 Å². The number of aliphatic hydroxyl groups excluding tert-OH is 2. The van der Waals surface area contributed by atoms with Gasteiger partial charge in [0, 0.05) is 5.92 Å². The first-order valence-electron chi connectivity index (χ1n) is 6.39. The van der Waals surface area contributed by atoms with Crippen molar-refractivity contribution in [3.05, 3.63) is 34.4 Å². The third-order valence-electron chi connectivity index (χ3n) is 3.29. The van der Waals surface area contributed by atoms with Gasteiger partial charge in [-0.05, 0) is 31.5 Å². The lowest BCUT2D eigenvalue weighted by Gasteiger charge is -2.26. The zero-order chi connectivity index (χ0) is 18.2. The van der Waals surface area contributed by atoms with Crippen LogP contribution in [0.3, 0.4) is 0 Å². The third-order valence-corrected chi connectivity index (χ3v) is 3.29. The molecule has 0 aromatic heterocycles. The largest absolute Gasteiger partial charge is 0.418 e. The van der Waals surface area contributed by atoms with Crippen molar-refractivity contribution in [2.75, 3.05) is 0 Å². The Morgan fingerprint density at radius 3 is 1.74 bits per heavy atom. The first-order chi connectivity index (χ1) is 10.3. The van der Waals surface area contributed by atoms with Gasteiger partial charge in [0.2, 0.25) is 0 Å². The van der Waals surface area contributed by atoms with Gasteiger partial charge in [-0.1, -0.05) is 0 Å². The van der Waals surface area contributed by atoms with E-state index < -0.39 is 52.7 Å². The predicted octanol–water partition coefficient (Wildman–Crippen LogP) is 3.44. The molecule has 2 N–H and O–H groups in total. The van der Waals surface area contributed by atoms with Crippen LogP contribution in [0.1, 0.15) is 42.0 Å². The van der Waals surface area contributed by atoms with E-state index in [0.717, 1.165) is 6.07 Å². The standard InChI is InChI=1S/C14H13F6NO2/c1-6(22)11(7(2)23)8-3-9(5-21)12(14(18,19)20)10(4-8)13(15,16)17/h3-4,6-7,11,22-23H,1-2H3. The van der Waals surface area contributed by atoms with Gasteiger partial charge in [-0.2, -0.15) is 31.6 Å². The smallest absolute Gasteiger partial charge is 0.393 e. The summed E-state index contributed by atoms with van der Waals surface area (Å²) in [7, 11) is 0. The molecule has 0 aliphatic carbocycles. The highest BCUT2D eigenvalue weighted by Crippen LogP contribution is 2.43. The quantitative estimate of drug-likeness (QED) is 0.828. The molecule has 3 nitrogen and oxygen atoms in total. The Balaban J connectivity index is 3.79. The van der Waals surface area contributed by atoms with Gasteiger partial charge in [0.25, 0.3) is 0 Å². The number of aliphatic hydroxyl groups is 2. The SMILES string of the molecule is CC(O)C(c1cc(C#N)c(C(F)(F)F)c(C(F)(F)F)c1)C(C)O. The summed E-state index contributed by atoms with van der Waals surface area (Å²) in [6, 6.07) is 1.93. The second-order valence-electron chi connectivity index (χ2n) is 5.11. The first kappa shape index (κ1) is 19.3. The third kappa shape index (κ3) is 4.14. The molecule has 0 amide bonds. The maximum Gasteiger partial charge on any atom is 0.418 e. The van der Waals surface area contributed by atoms with Gasteiger partial charge >= 0.3 is 12.4 Å². The van der Waals surface area contributed by atoms with Crippen LogP contribution in [0.25, 0.3) is 0 Å². The van der Waals surface area contributed by atoms with E-state index in [1.54, 1.807) is 0 Å². The molecule has 2 unspecified atom stereocenters. The Morgan fingerprint density at radius 1 is 0.957 bits per heavy atom. The zero-order valence-electron chi connectivity index (χ0n) is 12.0. The molecule has 1 aromatic carbocycles. The number of halogens is 6. The summed E-state index contributed by atoms with van der Waals surface area (Å²) in [5.41, 5.74) is -5.71. The van der Waals surface area contributed by atoms with E-state index in [0.29, 0.717) is 6.07 Å². The van der Waals surface area contributed by atoms with Crippen LogP contribution < -0.4 is 0 Å². The van der Waals surface area contributed by atoms with Gasteiger partial charge in [-0.15, -0.1) is 0 Å². The van der Waals surface area contributed by atoms with Crippen LogP contribution >= 0.6 is 0 Å². The molecule has 0 radical (unpaired) electrons. The fourth-order valence-electron chi connectivity index (χ4n) is 2.43. The summed E-state index contributed by atoms with van der Waals surface area (Å²) in [6.07, 6.45) is -13.4. The maximum absolute atomic E-state index is 13.0. The maximum atomic E-state index is 13.0. The van der Waals surface area contributed by atoms with Crippen molar-refractivity contribution in [1.82, 2.24) is 0 Å². The van der Waals surface area contributed by atoms with E-state index in [9.17, 15) is 36.6 Å². The van der Waals surface area contributed by atoms with Crippen LogP contribution in [0.2, 0.25) is 0 Å². The van der Waals surface area contributed by atoms with Crippen molar-refractivity contribution >= 4 is 0 Å². The van der Waals surface area contributed by atoms with Gasteiger partial charge in [0.15, 0.2) is 0 Å². The van der Waals surface area contributed by atoms with E-state index in [4.69, 9.17) is 5.26 Å². The number of nitrogens with zero attached hydrogens (tertiary/aromatic N) is 1. The molecule has 0 aliphatic heterocycles. The first-order valence-corrected chi connectivity index (χ1v) is 6.39. The molecular formula is C14H13F6NO2. The molecule has 9 heteroatoms. The van der Waals surface area contributed by atoms with Crippen molar-refractivity contribution in [3.8, 4) is 6.07 Å². The van der Waals surface area contributed by atoms with Crippen molar-refractivity contribution < 1.29 is 36.6 Å². The fraction of sp³-hybridized carbons (Fsp3) is 0.500. The van der Waals surface area contributed by atoms with Gasteiger partial charge in [-0.25, -0.2) is 0 Å². The highest BCUT2D eigenvalue weighted by molar-refractivity contribution is 5.50. The number of nitriles is 1. The lowest BCUT2D eigenvalue weighted by Crippen LogP contribution is -2.27. The Morgan fingerprint density at radius 2 is 1.43 bits per heavy atom. The summed E-state index contributed by atoms with van der Waals surface area (Å²) in [5, 5.41) is 28.0. The number of benzene rings is 1. The molecular weight excluding hydrogens is 328 g/mol. The molecule has 2 atom stereocenters. The van der Waals surface area contributed by atoms with Crippen molar-refractivity contribution in [2.24, 2.45) is 0 Å². The normalized spacial score (nSPS) is 16.6. The predicted molar refractivity (Wildman–Crippen MR) is 67.3 cm³/mol. The summed E-state index contributed by atoms with van der Waals surface area (Å²) < 4.78 is 77.8. The summed E-state index contributed by atoms with van der Waals surface area (Å²) in [6.45, 7) is 2.35. The Hall–Kier alpha value is -1.79. The van der Waals surface area contributed by atoms with E-state index >= 15 is 0 Å². The van der Waals surface area contributed by atoms with E-state index in [-0.39, 0.29) is 6.07 Å². The van der Waals surface area contributed by atoms with Crippen molar-refractivity contribution in [3.63, 3.8) is 0 Å². The van der Waals surface area contributed by atoms with E-state index in [1.807, 2.05) is 0 Å². The topological polar surface area (TPSA) is 64.2 Å². The minimum Gasteiger partial charge on any atom is -0.393 e. The van der Waals surface area contributed by atoms with Crippen LogP contribution in [-0.4, -0.2) is 22.4 Å². The number of rotatable bonds is 3. The van der Waals surface area contributed by atoms with Gasteiger partial charge in [-0.3, -0.25) is 0 Å². The molecule has 0 heterocycles. The van der Waals surface area contributed by atoms with E-state index in [2.05, 4.69) is 0 Å². The van der Waals surface area contributed by atoms with Crippen LogP contribution in [-0.2, 0) is 12.4 Å². The van der Waals surface area contributed by atoms with E-state index in [1.165, 1.54) is 13.8 Å². The molecule has 0 fully saturated rings. The lowest BCUT2D eigenvalue weighted by atomic mass is 9.85. The minimum atomic E-state index is -5.38. The molecule has 23 heavy (non-hydrogen) atoms. The van der Waals surface area contributed by atoms with Crippen molar-refractivity contribution in [2.45, 2.75) is 44.3 Å². The second kappa shape index (κ2) is 6.37. The number of hydrogen-bond donors (Lipinski definition) is 2. The fourth-order valence-corrected chi connectivity index (χ4v) is 2.43. The van der Waals surface area contributed by atoms with Gasteiger partial charge < -0.3 is 10.2 Å². The summed E-state index contributed by atoms with van der Waals surface area (Å²) >= 11 is 0. The van der Waals surface area contributed by atoms with Gasteiger partial charge in [0.05, 0.1) is 35.0 Å². The summed E-state index contributed by atoms with van der Waals surface area (Å²) in [4.78, 5) is 0. The summed E-state index contributed by atoms with van der Waals surface area (Å²) in [5.74, 6) is -1.27. The highest BCUT2D eigenvalue weighted by Gasteiger charge is 2.46. The highest BCUT2D eigenvalue weighted by atomic mass is 19.4. The van der Waals surface area contributed by atoms with Gasteiger partial charge in [0.1, 0.15) is 0 Å². The molecule has 128 valence electrons. The average Bonchev–Trinajstić information content (AvgIpc) is 2.34. The Bertz CT molecular complexity index is 605. The number of alkyl halides is 6. The molecule has 0 bridgehead atoms. The number of hydrogen-bond acceptors (Lipinski definition) is 3. The zero-order valence-corrected chi connectivity index (χ0v) is 12.0. The molecule has 0 saturated carbocycles. The van der Waals surface area contributed by atoms with Crippen LogP contribution in [0, 0.1) is 11.3 Å². The molecule has 1 rings (SSSR count). The second-order valence-corrected chi connectivity index (χ2v) is 5.11. The van der Waals surface area contributed by atoms with Crippen LogP contribution in [0.15, 0.2) is 12.1 Å². The average molecular weight is 341 g/mol. The monoisotopic (exact) mass is 341 g/mol. The molecule has 0 saturated heterocycles. The lowest BCUT2D eigenvalue weighted by molar-refractivity contribution is -0.162. The minimum absolute atomic E-state index is 0.216. The van der Waals surface area contributed by atoms with Crippen LogP contribution in [0.5, 0.6) is 0 Å². The molecule has 0 spiro atoms. The Kier molecular flexibility index (Phi) is 5.34. The molecule has 1 aromatic rings. The van der Waals surface area contributed by atoms with Crippen LogP contribution in [0.4, 0.5) is 26.3 Å². The molecule has 0 aliphatic rings.